The average Bonchev–Trinajstić information content (AvgIpc) is 3.25. The van der Waals surface area contributed by atoms with E-state index in [1.165, 1.54) is 4.57 Å². The van der Waals surface area contributed by atoms with E-state index in [0.717, 1.165) is 28.2 Å². The van der Waals surface area contributed by atoms with Gasteiger partial charge in [-0.25, -0.2) is 9.78 Å². The van der Waals surface area contributed by atoms with Crippen LogP contribution in [0.3, 0.4) is 0 Å². The van der Waals surface area contributed by atoms with Crippen LogP contribution in [0.1, 0.15) is 12.6 Å². The Morgan fingerprint density at radius 1 is 0.971 bits per heavy atom. The van der Waals surface area contributed by atoms with Gasteiger partial charge in [-0.3, -0.25) is 9.55 Å². The molecule has 1 aliphatic heterocycles. The Balaban J connectivity index is 1.45. The minimum Gasteiger partial charge on any atom is -0.394 e. The zero-order chi connectivity index (χ0) is 23.7. The minimum absolute atomic E-state index is 0.0986. The van der Waals surface area contributed by atoms with E-state index in [-0.39, 0.29) is 18.8 Å². The second kappa shape index (κ2) is 9.14. The van der Waals surface area contributed by atoms with Crippen LogP contribution in [0.2, 0.25) is 0 Å². The number of ether oxygens (including phenoxy) is 1. The molecule has 3 atom stereocenters. The number of nitrogens with two attached hydrogens (primary N) is 1. The summed E-state index contributed by atoms with van der Waals surface area (Å²) in [5.74, 6) is 0.0986. The predicted octanol–water partition coefficient (Wildman–Crippen LogP) is 2.26. The first-order valence-electron chi connectivity index (χ1n) is 10.9. The second-order valence-electron chi connectivity index (χ2n) is 8.04. The molecule has 0 spiro atoms. The summed E-state index contributed by atoms with van der Waals surface area (Å²) in [5, 5.41) is 19.4. The number of benzene rings is 1. The Morgan fingerprint density at radius 2 is 1.71 bits per heavy atom. The topological polar surface area (TPSA) is 136 Å². The Kier molecular flexibility index (Phi) is 5.89. The second-order valence-corrected chi connectivity index (χ2v) is 8.04. The van der Waals surface area contributed by atoms with Crippen molar-refractivity contribution in [3.05, 3.63) is 83.5 Å². The molecule has 0 aliphatic carbocycles. The normalized spacial score (nSPS) is 19.9. The van der Waals surface area contributed by atoms with E-state index >= 15 is 0 Å². The van der Waals surface area contributed by atoms with E-state index in [2.05, 4.69) is 9.97 Å². The fourth-order valence-corrected chi connectivity index (χ4v) is 4.03. The average molecular weight is 457 g/mol. The van der Waals surface area contributed by atoms with Gasteiger partial charge < -0.3 is 20.7 Å². The van der Waals surface area contributed by atoms with Gasteiger partial charge in [-0.15, -0.1) is 0 Å². The molecule has 172 valence electrons. The summed E-state index contributed by atoms with van der Waals surface area (Å²) in [6.45, 7) is -0.335. The van der Waals surface area contributed by atoms with Crippen LogP contribution in [0.4, 0.5) is 5.82 Å². The molecule has 1 aliphatic rings. The molecule has 9 nitrogen and oxygen atoms in total. The van der Waals surface area contributed by atoms with E-state index in [1.54, 1.807) is 12.4 Å². The lowest BCUT2D eigenvalue weighted by Crippen LogP contribution is -2.28. The molecule has 0 unspecified atom stereocenters. The standard InChI is InChI=1S/C25H23N5O4/c26-24-17(13-30(25(33)29-24)23-12-21(32)22(14-31)34-23)15-7-9-16(10-8-15)18-5-3-6-20(28-18)19-4-1-2-11-27-19/h1-11,13,21-23,31-32H,12,14H2,(H2,26,29,33)/t21-,22+,23+/m0/s1. The van der Waals surface area contributed by atoms with E-state index in [9.17, 15) is 15.0 Å². The van der Waals surface area contributed by atoms with Crippen molar-refractivity contribution < 1.29 is 14.9 Å². The molecule has 0 radical (unpaired) electrons. The Labute approximate surface area is 195 Å². The van der Waals surface area contributed by atoms with Crippen molar-refractivity contribution in [2.45, 2.75) is 24.9 Å². The van der Waals surface area contributed by atoms with Crippen LogP contribution in [-0.4, -0.2) is 48.5 Å². The summed E-state index contributed by atoms with van der Waals surface area (Å²) < 4.78 is 6.92. The molecule has 1 aromatic carbocycles. The number of hydrogen-bond acceptors (Lipinski definition) is 8. The zero-order valence-corrected chi connectivity index (χ0v) is 18.2. The maximum atomic E-state index is 12.4. The fourth-order valence-electron chi connectivity index (χ4n) is 4.03. The van der Waals surface area contributed by atoms with Gasteiger partial charge in [-0.2, -0.15) is 4.98 Å². The molecule has 4 heterocycles. The maximum Gasteiger partial charge on any atom is 0.351 e. The molecule has 4 aromatic rings. The fraction of sp³-hybridized carbons (Fsp3) is 0.200. The van der Waals surface area contributed by atoms with E-state index in [1.807, 2.05) is 60.7 Å². The zero-order valence-electron chi connectivity index (χ0n) is 18.2. The van der Waals surface area contributed by atoms with E-state index < -0.39 is 24.1 Å². The molecule has 0 bridgehead atoms. The summed E-state index contributed by atoms with van der Waals surface area (Å²) in [7, 11) is 0. The van der Waals surface area contributed by atoms with Crippen molar-refractivity contribution >= 4 is 5.82 Å². The number of aliphatic hydroxyl groups excluding tert-OH is 2. The van der Waals surface area contributed by atoms with Crippen molar-refractivity contribution in [1.82, 2.24) is 19.5 Å². The summed E-state index contributed by atoms with van der Waals surface area (Å²) >= 11 is 0. The number of aromatic nitrogens is 4. The molecular weight excluding hydrogens is 434 g/mol. The number of anilines is 1. The highest BCUT2D eigenvalue weighted by atomic mass is 16.5. The SMILES string of the molecule is Nc1nc(=O)n([C@H]2C[C@H](O)[C@@H](CO)O2)cc1-c1ccc(-c2cccc(-c3ccccn3)n2)cc1. The van der Waals surface area contributed by atoms with Gasteiger partial charge in [0.25, 0.3) is 0 Å². The molecule has 3 aromatic heterocycles. The number of nitrogens with zero attached hydrogens (tertiary/aromatic N) is 4. The maximum absolute atomic E-state index is 12.4. The molecule has 9 heteroatoms. The highest BCUT2D eigenvalue weighted by molar-refractivity contribution is 5.75. The van der Waals surface area contributed by atoms with Crippen LogP contribution in [0.25, 0.3) is 33.8 Å². The van der Waals surface area contributed by atoms with Crippen LogP contribution >= 0.6 is 0 Å². The molecule has 1 saturated heterocycles. The van der Waals surface area contributed by atoms with E-state index in [0.29, 0.717) is 5.56 Å². The first-order chi connectivity index (χ1) is 16.5. The quantitative estimate of drug-likeness (QED) is 0.415. The predicted molar refractivity (Wildman–Crippen MR) is 126 cm³/mol. The van der Waals surface area contributed by atoms with Crippen molar-refractivity contribution in [3.8, 4) is 33.8 Å². The lowest BCUT2D eigenvalue weighted by molar-refractivity contribution is -0.0458. The number of pyridine rings is 2. The molecule has 4 N–H and O–H groups in total. The lowest BCUT2D eigenvalue weighted by atomic mass is 10.0. The van der Waals surface area contributed by atoms with Gasteiger partial charge in [-0.1, -0.05) is 36.4 Å². The first kappa shape index (κ1) is 21.9. The van der Waals surface area contributed by atoms with Crippen molar-refractivity contribution in [3.63, 3.8) is 0 Å². The summed E-state index contributed by atoms with van der Waals surface area (Å²) in [6.07, 6.45) is 1.15. The third-order valence-electron chi connectivity index (χ3n) is 5.84. The highest BCUT2D eigenvalue weighted by Gasteiger charge is 2.35. The smallest absolute Gasteiger partial charge is 0.351 e. The number of rotatable bonds is 5. The highest BCUT2D eigenvalue weighted by Crippen LogP contribution is 2.31. The molecule has 0 amide bonds. The van der Waals surface area contributed by atoms with Gasteiger partial charge in [0.05, 0.1) is 29.8 Å². The lowest BCUT2D eigenvalue weighted by Gasteiger charge is -2.16. The van der Waals surface area contributed by atoms with Crippen LogP contribution in [0, 0.1) is 0 Å². The largest absolute Gasteiger partial charge is 0.394 e. The van der Waals surface area contributed by atoms with Gasteiger partial charge in [-0.05, 0) is 29.8 Å². The van der Waals surface area contributed by atoms with Gasteiger partial charge >= 0.3 is 5.69 Å². The molecule has 5 rings (SSSR count). The third kappa shape index (κ3) is 4.19. The third-order valence-corrected chi connectivity index (χ3v) is 5.84. The summed E-state index contributed by atoms with van der Waals surface area (Å²) in [4.78, 5) is 25.5. The number of nitrogen functional groups attached to an aromatic ring is 1. The summed E-state index contributed by atoms with van der Waals surface area (Å²) in [6, 6.07) is 19.1. The Morgan fingerprint density at radius 3 is 2.41 bits per heavy atom. The number of hydrogen-bond donors (Lipinski definition) is 3. The first-order valence-corrected chi connectivity index (χ1v) is 10.9. The van der Waals surface area contributed by atoms with Crippen LogP contribution in [0.15, 0.2) is 77.9 Å². The van der Waals surface area contributed by atoms with Gasteiger partial charge in [0, 0.05) is 29.9 Å². The van der Waals surface area contributed by atoms with Crippen molar-refractivity contribution in [2.24, 2.45) is 0 Å². The van der Waals surface area contributed by atoms with Gasteiger partial charge in [0.2, 0.25) is 0 Å². The van der Waals surface area contributed by atoms with Crippen molar-refractivity contribution in [1.29, 1.82) is 0 Å². The monoisotopic (exact) mass is 457 g/mol. The van der Waals surface area contributed by atoms with Gasteiger partial charge in [0.1, 0.15) is 18.1 Å². The molecule has 1 fully saturated rings. The molecule has 34 heavy (non-hydrogen) atoms. The Bertz CT molecular complexity index is 1360. The van der Waals surface area contributed by atoms with Crippen LogP contribution in [-0.2, 0) is 4.74 Å². The van der Waals surface area contributed by atoms with Crippen LogP contribution < -0.4 is 11.4 Å². The van der Waals surface area contributed by atoms with Gasteiger partial charge in [0.15, 0.2) is 0 Å². The van der Waals surface area contributed by atoms with E-state index in [4.69, 9.17) is 15.5 Å². The Hall–Kier alpha value is -3.92. The van der Waals surface area contributed by atoms with Crippen LogP contribution in [0.5, 0.6) is 0 Å². The number of aliphatic hydroxyl groups is 2. The minimum atomic E-state index is -0.864. The molecular formula is C25H23N5O4. The summed E-state index contributed by atoms with van der Waals surface area (Å²) in [5.41, 5.74) is 10.1. The molecule has 0 saturated carbocycles. The van der Waals surface area contributed by atoms with Crippen molar-refractivity contribution in [2.75, 3.05) is 12.3 Å².